The van der Waals surface area contributed by atoms with Crippen LogP contribution in [0.25, 0.3) is 22.6 Å². The lowest BCUT2D eigenvalue weighted by Crippen LogP contribution is -2.04. The number of hydrogen-bond acceptors (Lipinski definition) is 8. The van der Waals surface area contributed by atoms with Crippen molar-refractivity contribution in [2.75, 3.05) is 0 Å². The van der Waals surface area contributed by atoms with Gasteiger partial charge in [-0.3, -0.25) is 0 Å². The molecular formula is C19H15N9O. The van der Waals surface area contributed by atoms with E-state index in [0.717, 1.165) is 16.8 Å². The van der Waals surface area contributed by atoms with Gasteiger partial charge in [0.25, 0.3) is 0 Å². The standard InChI is InChI=1S/C19H15N9O/c1-3-7-14(8-4-1)16-11-27(25-20-16)12-17-21-22-18(29-17)13-28-24-19(23-26-28)15-9-5-2-6-10-15/h1-11H,12-13H2. The third kappa shape index (κ3) is 3.76. The Balaban J connectivity index is 1.26. The van der Waals surface area contributed by atoms with Crippen LogP contribution in [0.5, 0.6) is 0 Å². The van der Waals surface area contributed by atoms with E-state index in [2.05, 4.69) is 35.9 Å². The maximum atomic E-state index is 5.68. The van der Waals surface area contributed by atoms with E-state index >= 15 is 0 Å². The lowest BCUT2D eigenvalue weighted by Gasteiger charge is -1.95. The first kappa shape index (κ1) is 16.9. The summed E-state index contributed by atoms with van der Waals surface area (Å²) in [5.74, 6) is 1.36. The lowest BCUT2D eigenvalue weighted by atomic mass is 10.2. The zero-order chi connectivity index (χ0) is 19.5. The highest BCUT2D eigenvalue weighted by atomic mass is 16.4. The number of nitrogens with zero attached hydrogens (tertiary/aromatic N) is 9. The van der Waals surface area contributed by atoms with Gasteiger partial charge in [-0.05, 0) is 5.21 Å². The van der Waals surface area contributed by atoms with Crippen molar-refractivity contribution in [3.05, 3.63) is 78.6 Å². The molecule has 10 heteroatoms. The Bertz CT molecular complexity index is 1120. The summed E-state index contributed by atoms with van der Waals surface area (Å²) < 4.78 is 7.34. The molecule has 10 nitrogen and oxygen atoms in total. The Morgan fingerprint density at radius 3 is 2.14 bits per heavy atom. The van der Waals surface area contributed by atoms with Crippen LogP contribution in [-0.2, 0) is 13.1 Å². The minimum absolute atomic E-state index is 0.236. The summed E-state index contributed by atoms with van der Waals surface area (Å²) >= 11 is 0. The summed E-state index contributed by atoms with van der Waals surface area (Å²) in [6.07, 6.45) is 1.84. The molecule has 0 N–H and O–H groups in total. The highest BCUT2D eigenvalue weighted by Crippen LogP contribution is 2.15. The maximum Gasteiger partial charge on any atom is 0.239 e. The summed E-state index contributed by atoms with van der Waals surface area (Å²) in [6.45, 7) is 0.562. The van der Waals surface area contributed by atoms with Crippen molar-refractivity contribution in [3.8, 4) is 22.6 Å². The van der Waals surface area contributed by atoms with Crippen LogP contribution in [0.2, 0.25) is 0 Å². The van der Waals surface area contributed by atoms with E-state index in [1.165, 1.54) is 4.80 Å². The van der Waals surface area contributed by atoms with E-state index < -0.39 is 0 Å². The van der Waals surface area contributed by atoms with Crippen molar-refractivity contribution in [1.29, 1.82) is 0 Å². The Morgan fingerprint density at radius 1 is 0.690 bits per heavy atom. The van der Waals surface area contributed by atoms with Gasteiger partial charge in [0.1, 0.15) is 18.8 Å². The van der Waals surface area contributed by atoms with Crippen molar-refractivity contribution >= 4 is 0 Å². The SMILES string of the molecule is c1ccc(-c2cn(Cc3nnc(Cn4nnc(-c5ccccc5)n4)o3)nn2)cc1. The molecule has 29 heavy (non-hydrogen) atoms. The number of hydrogen-bond donors (Lipinski definition) is 0. The molecule has 5 aromatic rings. The Morgan fingerprint density at radius 2 is 1.38 bits per heavy atom. The molecule has 0 radical (unpaired) electrons. The fourth-order valence-electron chi connectivity index (χ4n) is 2.81. The first-order chi connectivity index (χ1) is 14.3. The van der Waals surface area contributed by atoms with Gasteiger partial charge < -0.3 is 4.42 Å². The monoisotopic (exact) mass is 385 g/mol. The molecule has 5 rings (SSSR count). The van der Waals surface area contributed by atoms with Crippen molar-refractivity contribution in [1.82, 2.24) is 45.4 Å². The molecule has 0 unspecified atom stereocenters. The van der Waals surface area contributed by atoms with Crippen LogP contribution in [0.4, 0.5) is 0 Å². The van der Waals surface area contributed by atoms with Gasteiger partial charge in [-0.25, -0.2) is 4.68 Å². The van der Waals surface area contributed by atoms with Crippen molar-refractivity contribution < 1.29 is 4.42 Å². The second-order valence-corrected chi connectivity index (χ2v) is 6.27. The van der Waals surface area contributed by atoms with E-state index in [1.54, 1.807) is 4.68 Å². The molecule has 0 saturated heterocycles. The molecule has 0 aliphatic rings. The van der Waals surface area contributed by atoms with Gasteiger partial charge >= 0.3 is 0 Å². The first-order valence-electron chi connectivity index (χ1n) is 8.93. The Hall–Kier alpha value is -4.21. The van der Waals surface area contributed by atoms with Crippen LogP contribution in [0.15, 0.2) is 71.3 Å². The van der Waals surface area contributed by atoms with Crippen LogP contribution in [-0.4, -0.2) is 45.4 Å². The summed E-state index contributed by atoms with van der Waals surface area (Å²) in [7, 11) is 0. The number of rotatable bonds is 6. The molecule has 0 aliphatic heterocycles. The molecule has 0 atom stereocenters. The number of benzene rings is 2. The number of aromatic nitrogens is 9. The smallest absolute Gasteiger partial charge is 0.239 e. The van der Waals surface area contributed by atoms with E-state index in [4.69, 9.17) is 4.42 Å². The summed E-state index contributed by atoms with van der Waals surface area (Å²) in [5, 5.41) is 28.8. The summed E-state index contributed by atoms with van der Waals surface area (Å²) in [6, 6.07) is 19.5. The third-order valence-corrected chi connectivity index (χ3v) is 4.18. The van der Waals surface area contributed by atoms with E-state index in [1.807, 2.05) is 66.9 Å². The molecule has 3 aromatic heterocycles. The molecular weight excluding hydrogens is 370 g/mol. The van der Waals surface area contributed by atoms with Crippen molar-refractivity contribution in [2.24, 2.45) is 0 Å². The second kappa shape index (κ2) is 7.43. The van der Waals surface area contributed by atoms with Gasteiger partial charge in [-0.15, -0.1) is 25.5 Å². The highest BCUT2D eigenvalue weighted by molar-refractivity contribution is 5.57. The van der Waals surface area contributed by atoms with Gasteiger partial charge in [0.05, 0.1) is 6.20 Å². The minimum atomic E-state index is 0.236. The Labute approximate surface area is 164 Å². The zero-order valence-corrected chi connectivity index (χ0v) is 15.2. The number of tetrazole rings is 1. The van der Waals surface area contributed by atoms with Crippen LogP contribution in [0, 0.1) is 0 Å². The largest absolute Gasteiger partial charge is 0.421 e. The molecule has 3 heterocycles. The van der Waals surface area contributed by atoms with Crippen molar-refractivity contribution in [3.63, 3.8) is 0 Å². The van der Waals surface area contributed by atoms with Crippen LogP contribution < -0.4 is 0 Å². The topological polar surface area (TPSA) is 113 Å². The fraction of sp³-hybridized carbons (Fsp3) is 0.105. The predicted octanol–water partition coefficient (Wildman–Crippen LogP) is 2.08. The normalized spacial score (nSPS) is 11.0. The molecule has 142 valence electrons. The minimum Gasteiger partial charge on any atom is -0.421 e. The van der Waals surface area contributed by atoms with Crippen molar-refractivity contribution in [2.45, 2.75) is 13.1 Å². The average molecular weight is 385 g/mol. The van der Waals surface area contributed by atoms with Gasteiger partial charge in [-0.1, -0.05) is 65.9 Å². The molecule has 0 fully saturated rings. The first-order valence-corrected chi connectivity index (χ1v) is 8.93. The van der Waals surface area contributed by atoms with Gasteiger partial charge in [0.2, 0.25) is 17.6 Å². The summed E-state index contributed by atoms with van der Waals surface area (Å²) in [4.78, 5) is 1.42. The third-order valence-electron chi connectivity index (χ3n) is 4.18. The van der Waals surface area contributed by atoms with Crippen LogP contribution in [0.1, 0.15) is 11.8 Å². The van der Waals surface area contributed by atoms with Gasteiger partial charge in [0.15, 0.2) is 0 Å². The van der Waals surface area contributed by atoms with Gasteiger partial charge in [0, 0.05) is 11.1 Å². The highest BCUT2D eigenvalue weighted by Gasteiger charge is 2.12. The molecule has 0 spiro atoms. The van der Waals surface area contributed by atoms with Gasteiger partial charge in [-0.2, -0.15) is 4.80 Å². The average Bonchev–Trinajstić information content (AvgIpc) is 3.52. The van der Waals surface area contributed by atoms with Crippen LogP contribution in [0.3, 0.4) is 0 Å². The van der Waals surface area contributed by atoms with E-state index in [9.17, 15) is 0 Å². The molecule has 2 aromatic carbocycles. The molecule has 0 saturated carbocycles. The quantitative estimate of drug-likeness (QED) is 0.436. The summed E-state index contributed by atoms with van der Waals surface area (Å²) in [5.41, 5.74) is 2.67. The maximum absolute atomic E-state index is 5.68. The molecule has 0 aliphatic carbocycles. The van der Waals surface area contributed by atoms with E-state index in [0.29, 0.717) is 24.2 Å². The molecule has 0 amide bonds. The van der Waals surface area contributed by atoms with E-state index in [-0.39, 0.29) is 6.54 Å². The molecule has 0 bridgehead atoms. The predicted molar refractivity (Wildman–Crippen MR) is 101 cm³/mol. The Kier molecular flexibility index (Phi) is 4.33. The fourth-order valence-corrected chi connectivity index (χ4v) is 2.81. The second-order valence-electron chi connectivity index (χ2n) is 6.27. The van der Waals surface area contributed by atoms with Crippen LogP contribution >= 0.6 is 0 Å². The lowest BCUT2D eigenvalue weighted by molar-refractivity contribution is 0.400. The zero-order valence-electron chi connectivity index (χ0n) is 15.2.